The predicted molar refractivity (Wildman–Crippen MR) is 44.9 cm³/mol. The van der Waals surface area contributed by atoms with Crippen molar-refractivity contribution in [2.75, 3.05) is 0 Å². The van der Waals surface area contributed by atoms with Crippen molar-refractivity contribution in [1.29, 1.82) is 0 Å². The Balaban J connectivity index is 3.27. The molecule has 0 spiro atoms. The molecular weight excluding hydrogens is 299 g/mol. The zero-order valence-corrected chi connectivity index (χ0v) is 11.6. The molecule has 0 aromatic carbocycles. The van der Waals surface area contributed by atoms with Gasteiger partial charge in [-0.2, -0.15) is 0 Å². The molecule has 0 aromatic heterocycles. The van der Waals surface area contributed by atoms with Gasteiger partial charge in [-0.15, -0.1) is 0 Å². The van der Waals surface area contributed by atoms with Gasteiger partial charge >= 0.3 is 84.5 Å². The van der Waals surface area contributed by atoms with Crippen molar-refractivity contribution in [1.82, 2.24) is 0 Å². The quantitative estimate of drug-likeness (QED) is 0.603. The van der Waals surface area contributed by atoms with E-state index in [1.54, 1.807) is 14.5 Å². The van der Waals surface area contributed by atoms with Gasteiger partial charge < -0.3 is 0 Å². The molecule has 0 atom stereocenters. The van der Waals surface area contributed by atoms with Crippen molar-refractivity contribution in [3.63, 3.8) is 0 Å². The molecule has 11 heavy (non-hydrogen) atoms. The molecule has 1 heteroatoms. The number of allylic oxidation sites excluding steroid dienone is 4. The first-order chi connectivity index (χ1) is 4.89. The Morgan fingerprint density at radius 2 is 1.45 bits per heavy atom. The molecule has 1 aliphatic rings. The molecule has 0 N–H and O–H groups in total. The summed E-state index contributed by atoms with van der Waals surface area (Å²) in [5, 5.41) is 0. The second kappa shape index (κ2) is 2.69. The van der Waals surface area contributed by atoms with E-state index in [-0.39, 0.29) is 0 Å². The second-order valence-corrected chi connectivity index (χ2v) is 5.67. The molecule has 0 bridgehead atoms. The summed E-state index contributed by atoms with van der Waals surface area (Å²) in [5.41, 5.74) is 5.03. The van der Waals surface area contributed by atoms with Gasteiger partial charge in [0.2, 0.25) is 0 Å². The monoisotopic (exact) mass is 315 g/mol. The van der Waals surface area contributed by atoms with Crippen molar-refractivity contribution in [2.45, 2.75) is 34.6 Å². The van der Waals surface area contributed by atoms with Crippen LogP contribution in [0.3, 0.4) is 0 Å². The summed E-state index contributed by atoms with van der Waals surface area (Å²) in [5.74, 6) is 0. The van der Waals surface area contributed by atoms with Crippen molar-refractivity contribution in [2.24, 2.45) is 5.41 Å². The summed E-state index contributed by atoms with van der Waals surface area (Å²) in [6, 6.07) is 0. The van der Waals surface area contributed by atoms with Gasteiger partial charge in [-0.1, -0.05) is 0 Å². The van der Waals surface area contributed by atoms with Crippen LogP contribution in [-0.2, 0) is 24.4 Å². The summed E-state index contributed by atoms with van der Waals surface area (Å²) >= 11 is 1.21. The van der Waals surface area contributed by atoms with Crippen molar-refractivity contribution in [3.05, 3.63) is 20.0 Å². The Morgan fingerprint density at radius 3 is 1.55 bits per heavy atom. The van der Waals surface area contributed by atoms with Crippen LogP contribution >= 0.6 is 0 Å². The van der Waals surface area contributed by atoms with E-state index >= 15 is 0 Å². The maximum atomic E-state index is 2.34. The van der Waals surface area contributed by atoms with Crippen LogP contribution in [0.2, 0.25) is 0 Å². The van der Waals surface area contributed by atoms with Gasteiger partial charge in [-0.3, -0.25) is 0 Å². The van der Waals surface area contributed by atoms with Crippen LogP contribution < -0.4 is 0 Å². The molecule has 1 aliphatic carbocycles. The van der Waals surface area contributed by atoms with Crippen molar-refractivity contribution in [3.8, 4) is 0 Å². The molecule has 1 rings (SSSR count). The van der Waals surface area contributed by atoms with Gasteiger partial charge in [0.25, 0.3) is 0 Å². The zero-order valence-electron chi connectivity index (χ0n) is 8.00. The fourth-order valence-corrected chi connectivity index (χ4v) is 2.94. The third kappa shape index (κ3) is 1.22. The van der Waals surface area contributed by atoms with Crippen LogP contribution in [-0.4, -0.2) is 0 Å². The first kappa shape index (κ1) is 9.44. The fraction of sp³-hybridized carbons (Fsp3) is 0.600. The number of hydrogen-bond acceptors (Lipinski definition) is 0. The Hall–Kier alpha value is 0.350. The van der Waals surface area contributed by atoms with Crippen LogP contribution in [0.25, 0.3) is 0 Å². The van der Waals surface area contributed by atoms with Crippen LogP contribution in [0.5, 0.6) is 0 Å². The third-order valence-electron chi connectivity index (χ3n) is 3.06. The molecule has 0 saturated carbocycles. The average Bonchev–Trinajstić information content (AvgIpc) is 2.06. The Bertz CT molecular complexity index is 228. The van der Waals surface area contributed by atoms with E-state index < -0.39 is 0 Å². The first-order valence-electron chi connectivity index (χ1n) is 4.00. The van der Waals surface area contributed by atoms with Gasteiger partial charge in [-0.25, -0.2) is 0 Å². The van der Waals surface area contributed by atoms with Crippen LogP contribution in [0, 0.1) is 5.41 Å². The van der Waals surface area contributed by atoms with Crippen molar-refractivity contribution >= 4 is 0 Å². The third-order valence-corrected chi connectivity index (χ3v) is 6.66. The predicted octanol–water partition coefficient (Wildman–Crippen LogP) is 3.18. The summed E-state index contributed by atoms with van der Waals surface area (Å²) < 4.78 is 1.67. The molecule has 0 fully saturated rings. The normalized spacial score (nSPS) is 23.3. The van der Waals surface area contributed by atoms with Gasteiger partial charge in [0.1, 0.15) is 0 Å². The topological polar surface area (TPSA) is 0 Å². The fourth-order valence-electron chi connectivity index (χ4n) is 1.59. The number of rotatable bonds is 0. The van der Waals surface area contributed by atoms with Crippen molar-refractivity contribution < 1.29 is 24.4 Å². The number of hydrogen-bond donors (Lipinski definition) is 0. The van der Waals surface area contributed by atoms with Gasteiger partial charge in [-0.05, 0) is 0 Å². The molecule has 0 aromatic rings. The molecule has 0 unspecified atom stereocenters. The SMILES string of the molecule is CC1=C(C)C(C)(C)[C]([Hf])=C1C. The molecule has 0 heterocycles. The first-order valence-corrected chi connectivity index (χ1v) is 5.80. The average molecular weight is 314 g/mol. The Labute approximate surface area is 84.3 Å². The minimum atomic E-state index is 0.375. The molecule has 0 aliphatic heterocycles. The molecule has 0 amide bonds. The minimum absolute atomic E-state index is 0.375. The van der Waals surface area contributed by atoms with E-state index in [0.29, 0.717) is 5.41 Å². The molecule has 0 saturated heterocycles. The van der Waals surface area contributed by atoms with E-state index in [2.05, 4.69) is 34.6 Å². The summed E-state index contributed by atoms with van der Waals surface area (Å²) in [6.07, 6.45) is 0. The van der Waals surface area contributed by atoms with Gasteiger partial charge in [0.15, 0.2) is 0 Å². The van der Waals surface area contributed by atoms with E-state index in [1.165, 1.54) is 29.9 Å². The van der Waals surface area contributed by atoms with E-state index in [9.17, 15) is 0 Å². The zero-order chi connectivity index (χ0) is 8.81. The molecular formula is C10H15Hf. The summed E-state index contributed by atoms with van der Waals surface area (Å²) in [6.45, 7) is 11.5. The van der Waals surface area contributed by atoms with E-state index in [1.807, 2.05) is 0 Å². The van der Waals surface area contributed by atoms with Gasteiger partial charge in [0.05, 0.1) is 0 Å². The molecule has 0 nitrogen and oxygen atoms in total. The van der Waals surface area contributed by atoms with Crippen LogP contribution in [0.1, 0.15) is 34.6 Å². The standard InChI is InChI=1S/C10H15.Hf/c1-7-6-10(4,5)9(3)8(7)2;/h1-5H3;. The van der Waals surface area contributed by atoms with Crippen LogP contribution in [0.4, 0.5) is 0 Å². The molecule has 0 radical (unpaired) electrons. The maximum absolute atomic E-state index is 2.34. The summed E-state index contributed by atoms with van der Waals surface area (Å²) in [4.78, 5) is 0. The van der Waals surface area contributed by atoms with E-state index in [0.717, 1.165) is 0 Å². The Morgan fingerprint density at radius 1 is 1.00 bits per heavy atom. The van der Waals surface area contributed by atoms with Crippen LogP contribution in [0.15, 0.2) is 20.0 Å². The van der Waals surface area contributed by atoms with Gasteiger partial charge in [0, 0.05) is 0 Å². The Kier molecular flexibility index (Phi) is 2.31. The molecule has 59 valence electrons. The second-order valence-electron chi connectivity index (χ2n) is 3.88. The van der Waals surface area contributed by atoms with E-state index in [4.69, 9.17) is 0 Å². The summed E-state index contributed by atoms with van der Waals surface area (Å²) in [7, 11) is 0.